The zero-order chi connectivity index (χ0) is 7.68. The van der Waals surface area contributed by atoms with Crippen LogP contribution in [0.3, 0.4) is 0 Å². The molecule has 3 unspecified atom stereocenters. The van der Waals surface area contributed by atoms with E-state index in [4.69, 9.17) is 4.74 Å². The van der Waals surface area contributed by atoms with E-state index in [1.54, 1.807) is 0 Å². The molecule has 3 atom stereocenters. The van der Waals surface area contributed by atoms with E-state index in [1.807, 2.05) is 0 Å². The molecule has 2 aliphatic rings. The molecule has 0 aliphatic carbocycles. The molecule has 0 amide bonds. The van der Waals surface area contributed by atoms with Crippen molar-refractivity contribution in [3.05, 3.63) is 0 Å². The van der Waals surface area contributed by atoms with Gasteiger partial charge in [0, 0.05) is 6.54 Å². The van der Waals surface area contributed by atoms with Crippen LogP contribution in [0.15, 0.2) is 0 Å². The Balaban J connectivity index is 1.85. The van der Waals surface area contributed by atoms with Crippen LogP contribution < -0.4 is 5.32 Å². The van der Waals surface area contributed by atoms with Gasteiger partial charge in [0.1, 0.15) is 0 Å². The molecule has 0 aromatic heterocycles. The highest BCUT2D eigenvalue weighted by molar-refractivity contribution is 4.83. The Hall–Kier alpha value is -0.0800. The van der Waals surface area contributed by atoms with Gasteiger partial charge in [-0.2, -0.15) is 0 Å². The van der Waals surface area contributed by atoms with E-state index in [0.29, 0.717) is 12.2 Å². The van der Waals surface area contributed by atoms with Gasteiger partial charge in [0.25, 0.3) is 0 Å². The van der Waals surface area contributed by atoms with Gasteiger partial charge < -0.3 is 10.1 Å². The van der Waals surface area contributed by atoms with Crippen molar-refractivity contribution in [3.63, 3.8) is 0 Å². The number of hydrogen-bond donors (Lipinski definition) is 1. The number of ether oxygens (including phenoxy) is 1. The molecule has 0 saturated carbocycles. The van der Waals surface area contributed by atoms with Crippen LogP contribution >= 0.6 is 0 Å². The molecule has 2 aliphatic heterocycles. The van der Waals surface area contributed by atoms with Gasteiger partial charge in [-0.25, -0.2) is 0 Å². The zero-order valence-corrected chi connectivity index (χ0v) is 7.18. The van der Waals surface area contributed by atoms with Crippen molar-refractivity contribution >= 4 is 0 Å². The van der Waals surface area contributed by atoms with Crippen LogP contribution in [0.4, 0.5) is 0 Å². The van der Waals surface area contributed by atoms with Crippen molar-refractivity contribution in [2.75, 3.05) is 13.1 Å². The summed E-state index contributed by atoms with van der Waals surface area (Å²) in [6.07, 6.45) is 4.95. The molecule has 2 fully saturated rings. The second-order valence-corrected chi connectivity index (χ2v) is 3.82. The first-order chi connectivity index (χ1) is 5.36. The molecule has 2 saturated heterocycles. The Bertz CT molecular complexity index is 132. The lowest BCUT2D eigenvalue weighted by Gasteiger charge is -2.17. The predicted octanol–water partition coefficient (Wildman–Crippen LogP) is 1.16. The van der Waals surface area contributed by atoms with Crippen molar-refractivity contribution < 1.29 is 4.74 Å². The quantitative estimate of drug-likeness (QED) is 0.613. The summed E-state index contributed by atoms with van der Waals surface area (Å²) in [6, 6.07) is 0. The Morgan fingerprint density at radius 1 is 1.27 bits per heavy atom. The number of nitrogens with one attached hydrogen (secondary N) is 1. The third-order valence-corrected chi connectivity index (χ3v) is 2.89. The molecule has 0 aromatic carbocycles. The van der Waals surface area contributed by atoms with Crippen LogP contribution in [0.2, 0.25) is 0 Å². The minimum Gasteiger partial charge on any atom is -0.375 e. The maximum Gasteiger partial charge on any atom is 0.0620 e. The monoisotopic (exact) mass is 155 g/mol. The Morgan fingerprint density at radius 2 is 2.18 bits per heavy atom. The summed E-state index contributed by atoms with van der Waals surface area (Å²) in [6.45, 7) is 4.55. The molecule has 0 aromatic rings. The lowest BCUT2D eigenvalue weighted by Crippen LogP contribution is -2.22. The van der Waals surface area contributed by atoms with E-state index in [0.717, 1.165) is 5.92 Å². The Kier molecular flexibility index (Phi) is 2.14. The highest BCUT2D eigenvalue weighted by atomic mass is 16.5. The smallest absolute Gasteiger partial charge is 0.0620 e. The predicted molar refractivity (Wildman–Crippen MR) is 44.5 cm³/mol. The van der Waals surface area contributed by atoms with Gasteiger partial charge in [-0.1, -0.05) is 0 Å². The molecule has 0 bridgehead atoms. The minimum atomic E-state index is 0.514. The molecular weight excluding hydrogens is 138 g/mol. The van der Waals surface area contributed by atoms with Crippen molar-refractivity contribution in [1.82, 2.24) is 5.32 Å². The van der Waals surface area contributed by atoms with E-state index < -0.39 is 0 Å². The summed E-state index contributed by atoms with van der Waals surface area (Å²) in [4.78, 5) is 0. The molecule has 11 heavy (non-hydrogen) atoms. The third kappa shape index (κ3) is 1.57. The minimum absolute atomic E-state index is 0.514. The van der Waals surface area contributed by atoms with E-state index in [2.05, 4.69) is 12.2 Å². The lowest BCUT2D eigenvalue weighted by molar-refractivity contribution is 0.0245. The average molecular weight is 155 g/mol. The molecule has 2 heteroatoms. The van der Waals surface area contributed by atoms with Gasteiger partial charge in [0.05, 0.1) is 12.2 Å². The van der Waals surface area contributed by atoms with Crippen LogP contribution in [-0.2, 0) is 4.74 Å². The fourth-order valence-electron chi connectivity index (χ4n) is 2.17. The van der Waals surface area contributed by atoms with Gasteiger partial charge >= 0.3 is 0 Å². The standard InChI is InChI=1S/C9H17NO/c1-7-2-3-9(11-7)8-4-5-10-6-8/h7-10H,2-6H2,1H3. The molecular formula is C9H17NO. The van der Waals surface area contributed by atoms with Crippen molar-refractivity contribution in [2.24, 2.45) is 5.92 Å². The molecule has 0 radical (unpaired) electrons. The topological polar surface area (TPSA) is 21.3 Å². The van der Waals surface area contributed by atoms with Gasteiger partial charge in [-0.15, -0.1) is 0 Å². The van der Waals surface area contributed by atoms with Crippen LogP contribution in [-0.4, -0.2) is 25.3 Å². The summed E-state index contributed by atoms with van der Waals surface area (Å²) in [5, 5.41) is 3.38. The first-order valence-corrected chi connectivity index (χ1v) is 4.72. The summed E-state index contributed by atoms with van der Waals surface area (Å²) < 4.78 is 5.81. The largest absolute Gasteiger partial charge is 0.375 e. The van der Waals surface area contributed by atoms with E-state index in [-0.39, 0.29) is 0 Å². The molecule has 64 valence electrons. The maximum atomic E-state index is 5.81. The molecule has 0 spiro atoms. The molecule has 2 nitrogen and oxygen atoms in total. The first kappa shape index (κ1) is 7.56. The van der Waals surface area contributed by atoms with Crippen molar-refractivity contribution in [2.45, 2.75) is 38.4 Å². The fourth-order valence-corrected chi connectivity index (χ4v) is 2.17. The Morgan fingerprint density at radius 3 is 2.73 bits per heavy atom. The number of hydrogen-bond acceptors (Lipinski definition) is 2. The number of rotatable bonds is 1. The average Bonchev–Trinajstić information content (AvgIpc) is 2.55. The first-order valence-electron chi connectivity index (χ1n) is 4.72. The van der Waals surface area contributed by atoms with Crippen molar-refractivity contribution in [1.29, 1.82) is 0 Å². The van der Waals surface area contributed by atoms with E-state index in [9.17, 15) is 0 Å². The summed E-state index contributed by atoms with van der Waals surface area (Å²) in [7, 11) is 0. The van der Waals surface area contributed by atoms with Crippen LogP contribution in [0.1, 0.15) is 26.2 Å². The van der Waals surface area contributed by atoms with Crippen molar-refractivity contribution in [3.8, 4) is 0 Å². The van der Waals surface area contributed by atoms with Crippen LogP contribution in [0, 0.1) is 5.92 Å². The van der Waals surface area contributed by atoms with E-state index in [1.165, 1.54) is 32.4 Å². The second kappa shape index (κ2) is 3.11. The zero-order valence-electron chi connectivity index (χ0n) is 7.18. The molecule has 1 N–H and O–H groups in total. The highest BCUT2D eigenvalue weighted by Gasteiger charge is 2.30. The molecule has 2 heterocycles. The van der Waals surface area contributed by atoms with Crippen LogP contribution in [0.25, 0.3) is 0 Å². The van der Waals surface area contributed by atoms with Gasteiger partial charge in [0.15, 0.2) is 0 Å². The summed E-state index contributed by atoms with van der Waals surface area (Å²) >= 11 is 0. The maximum absolute atomic E-state index is 5.81. The summed E-state index contributed by atoms with van der Waals surface area (Å²) in [5.41, 5.74) is 0. The fraction of sp³-hybridized carbons (Fsp3) is 1.00. The third-order valence-electron chi connectivity index (χ3n) is 2.89. The van der Waals surface area contributed by atoms with E-state index >= 15 is 0 Å². The molecule has 2 rings (SSSR count). The second-order valence-electron chi connectivity index (χ2n) is 3.82. The van der Waals surface area contributed by atoms with Crippen LogP contribution in [0.5, 0.6) is 0 Å². The van der Waals surface area contributed by atoms with Gasteiger partial charge in [-0.3, -0.25) is 0 Å². The van der Waals surface area contributed by atoms with Gasteiger partial charge in [0.2, 0.25) is 0 Å². The lowest BCUT2D eigenvalue weighted by atomic mass is 9.99. The summed E-state index contributed by atoms with van der Waals surface area (Å²) in [5.74, 6) is 0.806. The van der Waals surface area contributed by atoms with Gasteiger partial charge in [-0.05, 0) is 38.6 Å². The SMILES string of the molecule is CC1CCC(C2CCNC2)O1. The highest BCUT2D eigenvalue weighted by Crippen LogP contribution is 2.28. The Labute approximate surface area is 68.3 Å². The normalized spacial score (nSPS) is 45.0.